The number of nitrogens with zero attached hydrogens (tertiary/aromatic N) is 1. The van der Waals surface area contributed by atoms with Crippen molar-refractivity contribution in [1.82, 2.24) is 4.98 Å². The third-order valence-electron chi connectivity index (χ3n) is 3.48. The van der Waals surface area contributed by atoms with Gasteiger partial charge in [-0.2, -0.15) is 0 Å². The second kappa shape index (κ2) is 9.18. The van der Waals surface area contributed by atoms with E-state index in [9.17, 15) is 0 Å². The van der Waals surface area contributed by atoms with Crippen molar-refractivity contribution in [3.05, 3.63) is 60.3 Å². The van der Waals surface area contributed by atoms with E-state index >= 15 is 0 Å². The summed E-state index contributed by atoms with van der Waals surface area (Å²) < 4.78 is 11.2. The van der Waals surface area contributed by atoms with Crippen LogP contribution in [0.25, 0.3) is 10.9 Å². The van der Waals surface area contributed by atoms with Crippen molar-refractivity contribution in [3.63, 3.8) is 0 Å². The Kier molecular flexibility index (Phi) is 6.94. The average Bonchev–Trinajstić information content (AvgIpc) is 2.67. The van der Waals surface area contributed by atoms with Gasteiger partial charge in [-0.15, -0.1) is 11.8 Å². The molecule has 0 amide bonds. The highest BCUT2D eigenvalue weighted by Gasteiger charge is 2.05. The molecular formula is C20H23NO2S. The molecular weight excluding hydrogens is 318 g/mol. The average molecular weight is 341 g/mol. The second-order valence-electron chi connectivity index (χ2n) is 4.82. The lowest BCUT2D eigenvalue weighted by atomic mass is 10.1. The van der Waals surface area contributed by atoms with Crippen molar-refractivity contribution < 1.29 is 9.47 Å². The molecule has 3 nitrogen and oxygen atoms in total. The third kappa shape index (κ3) is 4.42. The first-order valence-electron chi connectivity index (χ1n) is 7.98. The number of benzene rings is 2. The standard InChI is InChI=1S/C18H17NO2S.C2H6/c1-20-14-6-7-17-13(8-9-19-18(17)11-14)12-21-15-4-3-5-16(10-15)22-2;1-2/h3-11H,12H2,1-2H3;1-2H3. The molecule has 0 aliphatic carbocycles. The van der Waals surface area contributed by atoms with Crippen LogP contribution < -0.4 is 9.47 Å². The zero-order valence-electron chi connectivity index (χ0n) is 14.6. The molecule has 0 saturated heterocycles. The SMILES string of the molecule is CC.COc1ccc2c(COc3cccc(SC)c3)ccnc2c1. The van der Waals surface area contributed by atoms with Gasteiger partial charge in [0, 0.05) is 28.1 Å². The predicted molar refractivity (Wildman–Crippen MR) is 102 cm³/mol. The highest BCUT2D eigenvalue weighted by Crippen LogP contribution is 2.25. The molecule has 0 aliphatic rings. The number of hydrogen-bond acceptors (Lipinski definition) is 4. The van der Waals surface area contributed by atoms with E-state index in [0.29, 0.717) is 6.61 Å². The first-order chi connectivity index (χ1) is 11.8. The van der Waals surface area contributed by atoms with Gasteiger partial charge in [-0.05, 0) is 42.7 Å². The number of hydrogen-bond donors (Lipinski definition) is 0. The van der Waals surface area contributed by atoms with Gasteiger partial charge in [0.2, 0.25) is 0 Å². The number of ether oxygens (including phenoxy) is 2. The van der Waals surface area contributed by atoms with Gasteiger partial charge in [-0.1, -0.05) is 19.9 Å². The maximum absolute atomic E-state index is 5.93. The molecule has 0 aliphatic heterocycles. The van der Waals surface area contributed by atoms with E-state index in [1.165, 1.54) is 4.90 Å². The fourth-order valence-electron chi connectivity index (χ4n) is 2.29. The summed E-state index contributed by atoms with van der Waals surface area (Å²) in [7, 11) is 1.66. The number of rotatable bonds is 5. The molecule has 0 unspecified atom stereocenters. The third-order valence-corrected chi connectivity index (χ3v) is 4.20. The first-order valence-corrected chi connectivity index (χ1v) is 9.21. The molecule has 24 heavy (non-hydrogen) atoms. The monoisotopic (exact) mass is 341 g/mol. The Morgan fingerprint density at radius 3 is 2.58 bits per heavy atom. The van der Waals surface area contributed by atoms with E-state index in [2.05, 4.69) is 23.4 Å². The van der Waals surface area contributed by atoms with Crippen LogP contribution in [0.2, 0.25) is 0 Å². The largest absolute Gasteiger partial charge is 0.497 e. The van der Waals surface area contributed by atoms with E-state index < -0.39 is 0 Å². The smallest absolute Gasteiger partial charge is 0.121 e. The topological polar surface area (TPSA) is 31.4 Å². The lowest BCUT2D eigenvalue weighted by Crippen LogP contribution is -1.97. The summed E-state index contributed by atoms with van der Waals surface area (Å²) in [6.07, 6.45) is 3.86. The molecule has 0 N–H and O–H groups in total. The molecule has 3 rings (SSSR count). The van der Waals surface area contributed by atoms with Crippen molar-refractivity contribution >= 4 is 22.7 Å². The highest BCUT2D eigenvalue weighted by atomic mass is 32.2. The molecule has 0 radical (unpaired) electrons. The number of aromatic nitrogens is 1. The van der Waals surface area contributed by atoms with Crippen molar-refractivity contribution in [2.75, 3.05) is 13.4 Å². The summed E-state index contributed by atoms with van der Waals surface area (Å²) in [6.45, 7) is 4.52. The van der Waals surface area contributed by atoms with E-state index in [0.717, 1.165) is 28.0 Å². The van der Waals surface area contributed by atoms with Crippen molar-refractivity contribution in [3.8, 4) is 11.5 Å². The number of fused-ring (bicyclic) bond motifs is 1. The predicted octanol–water partition coefficient (Wildman–Crippen LogP) is 5.57. The molecule has 0 saturated carbocycles. The molecule has 1 aromatic heterocycles. The number of methoxy groups -OCH3 is 1. The Hall–Kier alpha value is -2.20. The summed E-state index contributed by atoms with van der Waals surface area (Å²) in [5, 5.41) is 1.09. The summed E-state index contributed by atoms with van der Waals surface area (Å²) in [5.41, 5.74) is 2.03. The molecule has 0 atom stereocenters. The van der Waals surface area contributed by atoms with Crippen molar-refractivity contribution in [1.29, 1.82) is 0 Å². The second-order valence-corrected chi connectivity index (χ2v) is 5.70. The quantitative estimate of drug-likeness (QED) is 0.568. The van der Waals surface area contributed by atoms with Crippen LogP contribution in [-0.2, 0) is 6.61 Å². The van der Waals surface area contributed by atoms with Gasteiger partial charge in [-0.3, -0.25) is 4.98 Å². The van der Waals surface area contributed by atoms with E-state index in [1.54, 1.807) is 25.1 Å². The zero-order chi connectivity index (χ0) is 17.4. The van der Waals surface area contributed by atoms with Gasteiger partial charge in [0.25, 0.3) is 0 Å². The van der Waals surface area contributed by atoms with Crippen LogP contribution in [0.5, 0.6) is 11.5 Å². The molecule has 126 valence electrons. The number of thioether (sulfide) groups is 1. The van der Waals surface area contributed by atoms with Crippen LogP contribution in [0.15, 0.2) is 59.6 Å². The maximum Gasteiger partial charge on any atom is 0.121 e. The van der Waals surface area contributed by atoms with Crippen molar-refractivity contribution in [2.45, 2.75) is 25.3 Å². The molecule has 0 spiro atoms. The van der Waals surface area contributed by atoms with E-state index in [4.69, 9.17) is 9.47 Å². The van der Waals surface area contributed by atoms with E-state index in [1.807, 2.05) is 50.2 Å². The van der Waals surface area contributed by atoms with Crippen LogP contribution >= 0.6 is 11.8 Å². The Morgan fingerprint density at radius 2 is 1.83 bits per heavy atom. The van der Waals surface area contributed by atoms with Crippen LogP contribution in [0.4, 0.5) is 0 Å². The van der Waals surface area contributed by atoms with Gasteiger partial charge >= 0.3 is 0 Å². The lowest BCUT2D eigenvalue weighted by Gasteiger charge is -2.10. The van der Waals surface area contributed by atoms with Gasteiger partial charge in [-0.25, -0.2) is 0 Å². The fourth-order valence-corrected chi connectivity index (χ4v) is 2.74. The minimum atomic E-state index is 0.517. The number of pyridine rings is 1. The van der Waals surface area contributed by atoms with Gasteiger partial charge in [0.05, 0.1) is 12.6 Å². The Morgan fingerprint density at radius 1 is 1.00 bits per heavy atom. The minimum absolute atomic E-state index is 0.517. The van der Waals surface area contributed by atoms with Crippen LogP contribution in [0.1, 0.15) is 19.4 Å². The highest BCUT2D eigenvalue weighted by molar-refractivity contribution is 7.98. The van der Waals surface area contributed by atoms with Gasteiger partial charge in [0.15, 0.2) is 0 Å². The molecule has 4 heteroatoms. The van der Waals surface area contributed by atoms with Crippen LogP contribution in [-0.4, -0.2) is 18.3 Å². The minimum Gasteiger partial charge on any atom is -0.497 e. The maximum atomic E-state index is 5.93. The van der Waals surface area contributed by atoms with E-state index in [-0.39, 0.29) is 0 Å². The fraction of sp³-hybridized carbons (Fsp3) is 0.250. The Labute approximate surface area is 148 Å². The molecule has 2 aromatic carbocycles. The first kappa shape index (κ1) is 18.1. The summed E-state index contributed by atoms with van der Waals surface area (Å²) in [5.74, 6) is 1.69. The lowest BCUT2D eigenvalue weighted by molar-refractivity contribution is 0.307. The van der Waals surface area contributed by atoms with Crippen LogP contribution in [0, 0.1) is 0 Å². The summed E-state index contributed by atoms with van der Waals surface area (Å²) in [6, 6.07) is 16.0. The molecule has 0 fully saturated rings. The molecule has 1 heterocycles. The molecule has 3 aromatic rings. The van der Waals surface area contributed by atoms with Gasteiger partial charge < -0.3 is 9.47 Å². The van der Waals surface area contributed by atoms with Gasteiger partial charge in [0.1, 0.15) is 18.1 Å². The Bertz CT molecular complexity index is 789. The molecule has 0 bridgehead atoms. The summed E-state index contributed by atoms with van der Waals surface area (Å²) >= 11 is 1.71. The zero-order valence-corrected chi connectivity index (χ0v) is 15.4. The Balaban J connectivity index is 0.00000100. The summed E-state index contributed by atoms with van der Waals surface area (Å²) in [4.78, 5) is 5.59. The van der Waals surface area contributed by atoms with Crippen molar-refractivity contribution in [2.24, 2.45) is 0 Å². The normalized spacial score (nSPS) is 10.0. The van der Waals surface area contributed by atoms with Crippen LogP contribution in [0.3, 0.4) is 0 Å².